The van der Waals surface area contributed by atoms with Crippen LogP contribution in [0.3, 0.4) is 0 Å². The fraction of sp³-hybridized carbons (Fsp3) is 0.263. The summed E-state index contributed by atoms with van der Waals surface area (Å²) in [5.41, 5.74) is 1.13. The van der Waals surface area contributed by atoms with E-state index in [1.165, 1.54) is 17.6 Å². The number of nitrogens with one attached hydrogen (secondary N) is 1. The topological polar surface area (TPSA) is 79.5 Å². The molecular formula is C19H21NO4S2. The van der Waals surface area contributed by atoms with Gasteiger partial charge in [0.05, 0.1) is 11.2 Å². The number of aryl methyl sites for hydroxylation is 1. The lowest BCUT2D eigenvalue weighted by molar-refractivity contribution is 0.193. The van der Waals surface area contributed by atoms with Crippen LogP contribution in [-0.2, 0) is 23.0 Å². The van der Waals surface area contributed by atoms with Gasteiger partial charge in [-0.25, -0.2) is 13.1 Å². The van der Waals surface area contributed by atoms with E-state index in [1.54, 1.807) is 36.4 Å². The van der Waals surface area contributed by atoms with Gasteiger partial charge in [0.2, 0.25) is 10.0 Å². The summed E-state index contributed by atoms with van der Waals surface area (Å²) in [4.78, 5) is 1.78. The van der Waals surface area contributed by atoms with Gasteiger partial charge in [-0.2, -0.15) is 0 Å². The first-order chi connectivity index (χ1) is 12.5. The molecule has 26 heavy (non-hydrogen) atoms. The SMILES string of the molecule is CCCc1ccc(S(=O)(=O)NCc2ccc(C(O)c3ccco3)s2)cc1. The van der Waals surface area contributed by atoms with Gasteiger partial charge < -0.3 is 9.52 Å². The van der Waals surface area contributed by atoms with Crippen LogP contribution in [0.15, 0.2) is 64.1 Å². The van der Waals surface area contributed by atoms with E-state index in [2.05, 4.69) is 11.6 Å². The molecule has 0 aliphatic carbocycles. The molecule has 0 aliphatic heterocycles. The smallest absolute Gasteiger partial charge is 0.240 e. The Morgan fingerprint density at radius 2 is 1.92 bits per heavy atom. The Balaban J connectivity index is 1.64. The molecule has 5 nitrogen and oxygen atoms in total. The number of furan rings is 1. The van der Waals surface area contributed by atoms with Crippen LogP contribution < -0.4 is 4.72 Å². The van der Waals surface area contributed by atoms with Crippen LogP contribution in [-0.4, -0.2) is 13.5 Å². The number of aliphatic hydroxyl groups excluding tert-OH is 1. The highest BCUT2D eigenvalue weighted by atomic mass is 32.2. The molecule has 0 saturated carbocycles. The summed E-state index contributed by atoms with van der Waals surface area (Å²) in [5.74, 6) is 0.464. The number of hydrogen-bond acceptors (Lipinski definition) is 5. The molecule has 1 aromatic carbocycles. The van der Waals surface area contributed by atoms with Crippen molar-refractivity contribution in [2.75, 3.05) is 0 Å². The third kappa shape index (κ3) is 4.42. The molecule has 0 bridgehead atoms. The lowest BCUT2D eigenvalue weighted by Crippen LogP contribution is -2.22. The van der Waals surface area contributed by atoms with Crippen LogP contribution in [0.25, 0.3) is 0 Å². The molecular weight excluding hydrogens is 370 g/mol. The second-order valence-electron chi connectivity index (χ2n) is 5.94. The van der Waals surface area contributed by atoms with Gasteiger partial charge in [0.1, 0.15) is 11.9 Å². The van der Waals surface area contributed by atoms with Crippen molar-refractivity contribution < 1.29 is 17.9 Å². The van der Waals surface area contributed by atoms with Crippen molar-refractivity contribution in [2.24, 2.45) is 0 Å². The fourth-order valence-electron chi connectivity index (χ4n) is 2.60. The van der Waals surface area contributed by atoms with Gasteiger partial charge >= 0.3 is 0 Å². The van der Waals surface area contributed by atoms with Crippen LogP contribution >= 0.6 is 11.3 Å². The summed E-state index contributed by atoms with van der Waals surface area (Å²) in [6, 6.07) is 14.0. The van der Waals surface area contributed by atoms with E-state index in [-0.39, 0.29) is 11.4 Å². The van der Waals surface area contributed by atoms with Gasteiger partial charge in [-0.1, -0.05) is 25.5 Å². The minimum Gasteiger partial charge on any atom is -0.466 e. The van der Waals surface area contributed by atoms with Gasteiger partial charge in [-0.05, 0) is 48.4 Å². The molecule has 0 radical (unpaired) electrons. The number of hydrogen-bond donors (Lipinski definition) is 2. The number of benzene rings is 1. The number of thiophene rings is 1. The van der Waals surface area contributed by atoms with Crippen molar-refractivity contribution in [3.05, 3.63) is 75.9 Å². The quantitative estimate of drug-likeness (QED) is 0.611. The molecule has 2 aromatic heterocycles. The Morgan fingerprint density at radius 1 is 1.15 bits per heavy atom. The predicted molar refractivity (Wildman–Crippen MR) is 102 cm³/mol. The van der Waals surface area contributed by atoms with Gasteiger partial charge in [-0.3, -0.25) is 0 Å². The van der Waals surface area contributed by atoms with Crippen molar-refractivity contribution in [1.82, 2.24) is 4.72 Å². The van der Waals surface area contributed by atoms with Gasteiger partial charge in [0, 0.05) is 16.3 Å². The summed E-state index contributed by atoms with van der Waals surface area (Å²) in [6.45, 7) is 2.26. The third-order valence-corrected chi connectivity index (χ3v) is 6.53. The first kappa shape index (κ1) is 18.8. The normalized spacial score (nSPS) is 13.0. The Hall–Kier alpha value is -1.93. The maximum absolute atomic E-state index is 12.4. The Bertz CT molecular complexity index is 928. The third-order valence-electron chi connectivity index (χ3n) is 3.97. The highest BCUT2D eigenvalue weighted by molar-refractivity contribution is 7.89. The van der Waals surface area contributed by atoms with Crippen molar-refractivity contribution >= 4 is 21.4 Å². The van der Waals surface area contributed by atoms with E-state index in [9.17, 15) is 13.5 Å². The molecule has 0 fully saturated rings. The van der Waals surface area contributed by atoms with Crippen LogP contribution in [0.5, 0.6) is 0 Å². The highest BCUT2D eigenvalue weighted by Crippen LogP contribution is 2.28. The molecule has 0 spiro atoms. The molecule has 0 amide bonds. The monoisotopic (exact) mass is 391 g/mol. The molecule has 1 atom stereocenters. The van der Waals surface area contributed by atoms with Gasteiger partial charge in [-0.15, -0.1) is 11.3 Å². The standard InChI is InChI=1S/C19H21NO4S2/c1-2-4-14-6-9-16(10-7-14)26(22,23)20-13-15-8-11-18(25-15)19(21)17-5-3-12-24-17/h3,5-12,19-21H,2,4,13H2,1H3. The van der Waals surface area contributed by atoms with Crippen LogP contribution in [0.2, 0.25) is 0 Å². The van der Waals surface area contributed by atoms with E-state index in [0.717, 1.165) is 23.3 Å². The maximum Gasteiger partial charge on any atom is 0.240 e. The Labute approximate surface area is 157 Å². The second kappa shape index (κ2) is 8.18. The van der Waals surface area contributed by atoms with Crippen molar-refractivity contribution in [3.8, 4) is 0 Å². The molecule has 1 unspecified atom stereocenters. The highest BCUT2D eigenvalue weighted by Gasteiger charge is 2.17. The minimum absolute atomic E-state index is 0.175. The summed E-state index contributed by atoms with van der Waals surface area (Å²) in [5, 5.41) is 10.2. The number of aliphatic hydroxyl groups is 1. The molecule has 7 heteroatoms. The molecule has 138 valence electrons. The number of rotatable bonds is 8. The number of sulfonamides is 1. The fourth-order valence-corrected chi connectivity index (χ4v) is 4.64. The van der Waals surface area contributed by atoms with Crippen molar-refractivity contribution in [2.45, 2.75) is 37.3 Å². The average Bonchev–Trinajstić information content (AvgIpc) is 3.32. The molecule has 2 N–H and O–H groups in total. The Morgan fingerprint density at radius 3 is 2.58 bits per heavy atom. The average molecular weight is 392 g/mol. The Kier molecular flexibility index (Phi) is 5.93. The molecule has 3 rings (SSSR count). The van der Waals surface area contributed by atoms with Crippen molar-refractivity contribution in [3.63, 3.8) is 0 Å². The zero-order valence-corrected chi connectivity index (χ0v) is 16.0. The van der Waals surface area contributed by atoms with E-state index in [1.807, 2.05) is 12.1 Å². The molecule has 2 heterocycles. The lowest BCUT2D eigenvalue weighted by atomic mass is 10.1. The van der Waals surface area contributed by atoms with E-state index in [4.69, 9.17) is 4.42 Å². The van der Waals surface area contributed by atoms with E-state index < -0.39 is 16.1 Å². The van der Waals surface area contributed by atoms with Crippen LogP contribution in [0.1, 0.15) is 40.5 Å². The zero-order chi connectivity index (χ0) is 18.6. The van der Waals surface area contributed by atoms with Crippen LogP contribution in [0, 0.1) is 0 Å². The zero-order valence-electron chi connectivity index (χ0n) is 14.4. The summed E-state index contributed by atoms with van der Waals surface area (Å²) in [7, 11) is -3.57. The predicted octanol–water partition coefficient (Wildman–Crippen LogP) is 3.85. The summed E-state index contributed by atoms with van der Waals surface area (Å²) < 4.78 is 32.7. The molecule has 0 saturated heterocycles. The first-order valence-corrected chi connectivity index (χ1v) is 10.7. The molecule has 3 aromatic rings. The largest absolute Gasteiger partial charge is 0.466 e. The van der Waals surface area contributed by atoms with Gasteiger partial charge in [0.15, 0.2) is 0 Å². The molecule has 0 aliphatic rings. The second-order valence-corrected chi connectivity index (χ2v) is 8.91. The van der Waals surface area contributed by atoms with E-state index in [0.29, 0.717) is 10.6 Å². The van der Waals surface area contributed by atoms with Crippen molar-refractivity contribution in [1.29, 1.82) is 0 Å². The van der Waals surface area contributed by atoms with E-state index >= 15 is 0 Å². The lowest BCUT2D eigenvalue weighted by Gasteiger charge is -2.07. The maximum atomic E-state index is 12.4. The first-order valence-electron chi connectivity index (χ1n) is 8.38. The van der Waals surface area contributed by atoms with Crippen LogP contribution in [0.4, 0.5) is 0 Å². The summed E-state index contributed by atoms with van der Waals surface area (Å²) >= 11 is 1.35. The van der Waals surface area contributed by atoms with Gasteiger partial charge in [0.25, 0.3) is 0 Å². The minimum atomic E-state index is -3.57. The summed E-state index contributed by atoms with van der Waals surface area (Å²) in [6.07, 6.45) is 2.62.